The summed E-state index contributed by atoms with van der Waals surface area (Å²) in [6.45, 7) is 2.78. The Bertz CT molecular complexity index is 527. The van der Waals surface area contributed by atoms with Gasteiger partial charge in [0.2, 0.25) is 5.91 Å². The van der Waals surface area contributed by atoms with Gasteiger partial charge in [-0.2, -0.15) is 0 Å². The zero-order chi connectivity index (χ0) is 15.5. The first-order chi connectivity index (χ1) is 9.95. The average molecular weight is 310 g/mol. The minimum absolute atomic E-state index is 0.185. The quantitative estimate of drug-likeness (QED) is 0.836. The van der Waals surface area contributed by atoms with Crippen LogP contribution in [0.1, 0.15) is 31.4 Å². The van der Waals surface area contributed by atoms with Crippen molar-refractivity contribution in [1.82, 2.24) is 5.32 Å². The molecule has 0 aliphatic carbocycles. The van der Waals surface area contributed by atoms with E-state index in [0.717, 1.165) is 5.56 Å². The minimum Gasteiger partial charge on any atom is -0.392 e. The molecule has 21 heavy (non-hydrogen) atoms. The Balaban J connectivity index is 2.11. The van der Waals surface area contributed by atoms with E-state index >= 15 is 0 Å². The maximum Gasteiger partial charge on any atom is 0.233 e. The summed E-state index contributed by atoms with van der Waals surface area (Å²) in [5.74, 6) is -0.489. The summed E-state index contributed by atoms with van der Waals surface area (Å²) in [4.78, 5) is 12.8. The number of carbonyl (C=O) groups excluding carboxylic acids is 1. The van der Waals surface area contributed by atoms with Crippen molar-refractivity contribution in [2.24, 2.45) is 11.1 Å². The van der Waals surface area contributed by atoms with Crippen molar-refractivity contribution in [3.05, 3.63) is 35.6 Å². The van der Waals surface area contributed by atoms with Gasteiger partial charge >= 0.3 is 0 Å². The van der Waals surface area contributed by atoms with Crippen molar-refractivity contribution in [3.63, 3.8) is 0 Å². The number of thiocarbonyl (C=S) groups is 1. The Hall–Kier alpha value is -1.53. The molecule has 1 atom stereocenters. The van der Waals surface area contributed by atoms with Crippen LogP contribution in [0.3, 0.4) is 0 Å². The summed E-state index contributed by atoms with van der Waals surface area (Å²) in [6.07, 6.45) is 0.981. The van der Waals surface area contributed by atoms with Gasteiger partial charge in [-0.1, -0.05) is 24.4 Å². The van der Waals surface area contributed by atoms with Crippen LogP contribution < -0.4 is 11.1 Å². The number of rotatable bonds is 4. The number of nitrogens with one attached hydrogen (secondary N) is 1. The van der Waals surface area contributed by atoms with Gasteiger partial charge in [-0.05, 0) is 37.5 Å². The molecule has 0 spiro atoms. The Kier molecular flexibility index (Phi) is 4.90. The molecule has 0 saturated carbocycles. The van der Waals surface area contributed by atoms with Crippen LogP contribution in [-0.4, -0.2) is 24.1 Å². The number of nitrogens with two attached hydrogens (primary N) is 1. The first-order valence-electron chi connectivity index (χ1n) is 6.90. The third-order valence-electron chi connectivity index (χ3n) is 3.97. The Morgan fingerprint density at radius 2 is 1.95 bits per heavy atom. The average Bonchev–Trinajstić information content (AvgIpc) is 2.48. The van der Waals surface area contributed by atoms with Crippen molar-refractivity contribution in [3.8, 4) is 0 Å². The third-order valence-corrected chi connectivity index (χ3v) is 4.36. The van der Waals surface area contributed by atoms with Crippen LogP contribution in [-0.2, 0) is 9.53 Å². The summed E-state index contributed by atoms with van der Waals surface area (Å²) in [5, 5.41) is 2.92. The highest BCUT2D eigenvalue weighted by Crippen LogP contribution is 2.32. The number of hydrogen-bond donors (Lipinski definition) is 2. The molecule has 1 saturated heterocycles. The van der Waals surface area contributed by atoms with Crippen LogP contribution in [0.15, 0.2) is 24.3 Å². The zero-order valence-electron chi connectivity index (χ0n) is 11.9. The molecule has 1 aliphatic rings. The van der Waals surface area contributed by atoms with Gasteiger partial charge in [-0.25, -0.2) is 4.39 Å². The lowest BCUT2D eigenvalue weighted by Crippen LogP contribution is -2.52. The smallest absolute Gasteiger partial charge is 0.233 e. The molecule has 1 amide bonds. The van der Waals surface area contributed by atoms with Gasteiger partial charge in [0, 0.05) is 13.2 Å². The summed E-state index contributed by atoms with van der Waals surface area (Å²) >= 11 is 5.10. The topological polar surface area (TPSA) is 64.4 Å². The molecular weight excluding hydrogens is 291 g/mol. The summed E-state index contributed by atoms with van der Waals surface area (Å²) in [7, 11) is 0. The Labute approximate surface area is 128 Å². The van der Waals surface area contributed by atoms with E-state index in [1.54, 1.807) is 12.1 Å². The Morgan fingerprint density at radius 3 is 2.48 bits per heavy atom. The van der Waals surface area contributed by atoms with E-state index in [1.807, 2.05) is 6.92 Å². The first-order valence-corrected chi connectivity index (χ1v) is 7.30. The van der Waals surface area contributed by atoms with Gasteiger partial charge in [0.1, 0.15) is 11.2 Å². The number of benzene rings is 1. The van der Waals surface area contributed by atoms with Gasteiger partial charge in [-0.3, -0.25) is 4.79 Å². The lowest BCUT2D eigenvalue weighted by Gasteiger charge is -2.35. The van der Waals surface area contributed by atoms with Crippen LogP contribution in [0, 0.1) is 11.2 Å². The molecule has 0 bridgehead atoms. The monoisotopic (exact) mass is 310 g/mol. The molecule has 1 aromatic carbocycles. The molecule has 1 aliphatic heterocycles. The largest absolute Gasteiger partial charge is 0.392 e. The number of amides is 1. The summed E-state index contributed by atoms with van der Waals surface area (Å²) < 4.78 is 18.2. The van der Waals surface area contributed by atoms with E-state index in [9.17, 15) is 9.18 Å². The van der Waals surface area contributed by atoms with Gasteiger partial charge in [-0.15, -0.1) is 0 Å². The third kappa shape index (κ3) is 3.39. The molecular formula is C15H19FN2O2S. The van der Waals surface area contributed by atoms with Crippen LogP contribution in [0.4, 0.5) is 4.39 Å². The van der Waals surface area contributed by atoms with Gasteiger partial charge in [0.05, 0.1) is 11.0 Å². The fourth-order valence-corrected chi connectivity index (χ4v) is 2.77. The second-order valence-corrected chi connectivity index (χ2v) is 5.75. The molecule has 0 radical (unpaired) electrons. The second kappa shape index (κ2) is 6.49. The highest BCUT2D eigenvalue weighted by atomic mass is 32.1. The lowest BCUT2D eigenvalue weighted by molar-refractivity contribution is -0.132. The van der Waals surface area contributed by atoms with E-state index in [1.165, 1.54) is 12.1 Å². The maximum atomic E-state index is 12.9. The number of carbonyl (C=O) groups is 1. The van der Waals surface area contributed by atoms with Gasteiger partial charge in [0.25, 0.3) is 0 Å². The molecule has 3 N–H and O–H groups in total. The van der Waals surface area contributed by atoms with E-state index in [-0.39, 0.29) is 22.8 Å². The summed E-state index contributed by atoms with van der Waals surface area (Å²) in [5.41, 5.74) is 5.79. The van der Waals surface area contributed by atoms with Crippen molar-refractivity contribution >= 4 is 23.1 Å². The zero-order valence-corrected chi connectivity index (χ0v) is 12.7. The second-order valence-electron chi connectivity index (χ2n) is 5.31. The molecule has 6 heteroatoms. The fraction of sp³-hybridized carbons (Fsp3) is 0.467. The molecule has 114 valence electrons. The van der Waals surface area contributed by atoms with E-state index < -0.39 is 5.41 Å². The van der Waals surface area contributed by atoms with Crippen molar-refractivity contribution < 1.29 is 13.9 Å². The fourth-order valence-electron chi connectivity index (χ4n) is 2.47. The predicted octanol–water partition coefficient (Wildman–Crippen LogP) is 2.09. The molecule has 1 aromatic rings. The van der Waals surface area contributed by atoms with Crippen molar-refractivity contribution in [2.45, 2.75) is 25.8 Å². The molecule has 1 heterocycles. The van der Waals surface area contributed by atoms with E-state index in [4.69, 9.17) is 22.7 Å². The number of ether oxygens (including phenoxy) is 1. The van der Waals surface area contributed by atoms with E-state index in [2.05, 4.69) is 5.32 Å². The highest BCUT2D eigenvalue weighted by molar-refractivity contribution is 7.80. The molecule has 2 rings (SSSR count). The SMILES string of the molecule is CC(NC(=O)C1(C(N)=S)CCOCC1)c1ccc(F)cc1. The maximum absolute atomic E-state index is 12.9. The number of halogens is 1. The van der Waals surface area contributed by atoms with Crippen LogP contribution in [0.2, 0.25) is 0 Å². The first kappa shape index (κ1) is 15.9. The normalized spacial score (nSPS) is 18.8. The van der Waals surface area contributed by atoms with Crippen LogP contribution in [0.25, 0.3) is 0 Å². The van der Waals surface area contributed by atoms with Crippen molar-refractivity contribution in [1.29, 1.82) is 0 Å². The van der Waals surface area contributed by atoms with Gasteiger partial charge < -0.3 is 15.8 Å². The molecule has 4 nitrogen and oxygen atoms in total. The van der Waals surface area contributed by atoms with Crippen LogP contribution in [0.5, 0.6) is 0 Å². The lowest BCUT2D eigenvalue weighted by atomic mass is 9.79. The molecule has 1 fully saturated rings. The van der Waals surface area contributed by atoms with Crippen LogP contribution >= 0.6 is 12.2 Å². The number of hydrogen-bond acceptors (Lipinski definition) is 3. The van der Waals surface area contributed by atoms with Crippen molar-refractivity contribution in [2.75, 3.05) is 13.2 Å². The molecule has 0 aromatic heterocycles. The minimum atomic E-state index is -0.845. The summed E-state index contributed by atoms with van der Waals surface area (Å²) in [6, 6.07) is 5.80. The highest BCUT2D eigenvalue weighted by Gasteiger charge is 2.43. The Morgan fingerprint density at radius 1 is 1.38 bits per heavy atom. The molecule has 1 unspecified atom stereocenters. The standard InChI is InChI=1S/C15H19FN2O2S/c1-10(11-2-4-12(16)5-3-11)18-14(19)15(13(17)21)6-8-20-9-7-15/h2-5,10H,6-9H2,1H3,(H2,17,21)(H,18,19). The predicted molar refractivity (Wildman–Crippen MR) is 82.2 cm³/mol. The van der Waals surface area contributed by atoms with E-state index in [0.29, 0.717) is 26.1 Å². The van der Waals surface area contributed by atoms with Gasteiger partial charge in [0.15, 0.2) is 0 Å².